The fraction of sp³-hybridized carbons (Fsp3) is 0.385. The first kappa shape index (κ1) is 25.1. The average molecular weight is 469 g/mol. The standard InChI is InChI=1S/C26H32N2O6/c1-6-27(7-2)13-14-28-23(17-9-8-10-18(15-17)32-3)22(25(30)26(28)31)24(29)20-12-11-19(33-4)16-21(20)34-5/h8-12,15-16,23,29H,6-7,13-14H2,1-5H3/b24-22-. The lowest BCUT2D eigenvalue weighted by Gasteiger charge is -2.28. The van der Waals surface area contributed by atoms with Gasteiger partial charge in [0.2, 0.25) is 0 Å². The van der Waals surface area contributed by atoms with Gasteiger partial charge >= 0.3 is 0 Å². The molecule has 8 heteroatoms. The van der Waals surface area contributed by atoms with Crippen LogP contribution >= 0.6 is 0 Å². The maximum atomic E-state index is 13.3. The largest absolute Gasteiger partial charge is 0.507 e. The summed E-state index contributed by atoms with van der Waals surface area (Å²) in [6.45, 7) is 6.69. The molecule has 0 aliphatic carbocycles. The van der Waals surface area contributed by atoms with Crippen LogP contribution in [0.5, 0.6) is 17.2 Å². The van der Waals surface area contributed by atoms with Gasteiger partial charge in [0.25, 0.3) is 11.7 Å². The Morgan fingerprint density at radius 2 is 1.65 bits per heavy atom. The Morgan fingerprint density at radius 3 is 2.26 bits per heavy atom. The third kappa shape index (κ3) is 4.87. The van der Waals surface area contributed by atoms with Gasteiger partial charge < -0.3 is 29.1 Å². The van der Waals surface area contributed by atoms with Crippen molar-refractivity contribution in [2.75, 3.05) is 47.5 Å². The summed E-state index contributed by atoms with van der Waals surface area (Å²) in [7, 11) is 4.55. The normalized spacial score (nSPS) is 17.4. The van der Waals surface area contributed by atoms with Crippen molar-refractivity contribution in [3.8, 4) is 17.2 Å². The number of likely N-dealkylation sites (N-methyl/N-ethyl adjacent to an activating group) is 1. The average Bonchev–Trinajstić information content (AvgIpc) is 3.13. The predicted molar refractivity (Wildman–Crippen MR) is 129 cm³/mol. The predicted octanol–water partition coefficient (Wildman–Crippen LogP) is 3.48. The number of aliphatic hydroxyl groups excluding tert-OH is 1. The summed E-state index contributed by atoms with van der Waals surface area (Å²) in [5, 5.41) is 11.3. The number of nitrogens with zero attached hydrogens (tertiary/aromatic N) is 2. The molecule has 0 spiro atoms. The number of amides is 1. The minimum Gasteiger partial charge on any atom is -0.507 e. The van der Waals surface area contributed by atoms with E-state index in [1.807, 2.05) is 19.9 Å². The van der Waals surface area contributed by atoms with E-state index in [9.17, 15) is 14.7 Å². The van der Waals surface area contributed by atoms with Crippen molar-refractivity contribution in [1.82, 2.24) is 9.80 Å². The molecule has 2 aromatic carbocycles. The number of likely N-dealkylation sites (tertiary alicyclic amines) is 1. The number of hydrogen-bond acceptors (Lipinski definition) is 7. The lowest BCUT2D eigenvalue weighted by Crippen LogP contribution is -2.38. The van der Waals surface area contributed by atoms with Gasteiger partial charge in [-0.05, 0) is 42.9 Å². The molecule has 1 unspecified atom stereocenters. The molecule has 34 heavy (non-hydrogen) atoms. The summed E-state index contributed by atoms with van der Waals surface area (Å²) in [6, 6.07) is 11.3. The first-order valence-electron chi connectivity index (χ1n) is 11.3. The van der Waals surface area contributed by atoms with E-state index < -0.39 is 17.7 Å². The number of methoxy groups -OCH3 is 3. The van der Waals surface area contributed by atoms with Crippen molar-refractivity contribution in [2.24, 2.45) is 0 Å². The second-order valence-electron chi connectivity index (χ2n) is 7.86. The lowest BCUT2D eigenvalue weighted by atomic mass is 9.94. The van der Waals surface area contributed by atoms with Gasteiger partial charge in [0.1, 0.15) is 23.0 Å². The van der Waals surface area contributed by atoms with Crippen molar-refractivity contribution in [1.29, 1.82) is 0 Å². The highest BCUT2D eigenvalue weighted by molar-refractivity contribution is 6.46. The van der Waals surface area contributed by atoms with E-state index in [1.54, 1.807) is 43.5 Å². The topological polar surface area (TPSA) is 88.5 Å². The lowest BCUT2D eigenvalue weighted by molar-refractivity contribution is -0.140. The van der Waals surface area contributed by atoms with Crippen molar-refractivity contribution < 1.29 is 28.9 Å². The number of aliphatic hydroxyl groups is 1. The van der Waals surface area contributed by atoms with Gasteiger partial charge in [-0.25, -0.2) is 0 Å². The number of carbonyl (C=O) groups excluding carboxylic acids is 2. The van der Waals surface area contributed by atoms with Gasteiger partial charge in [-0.15, -0.1) is 0 Å². The molecule has 1 aliphatic heterocycles. The quantitative estimate of drug-likeness (QED) is 0.324. The number of benzene rings is 2. The van der Waals surface area contributed by atoms with Gasteiger partial charge in [-0.2, -0.15) is 0 Å². The van der Waals surface area contributed by atoms with Crippen LogP contribution in [0.4, 0.5) is 0 Å². The van der Waals surface area contributed by atoms with E-state index in [4.69, 9.17) is 14.2 Å². The molecule has 1 atom stereocenters. The molecular weight excluding hydrogens is 436 g/mol. The number of hydrogen-bond donors (Lipinski definition) is 1. The summed E-state index contributed by atoms with van der Waals surface area (Å²) >= 11 is 0. The third-order valence-electron chi connectivity index (χ3n) is 6.16. The first-order valence-corrected chi connectivity index (χ1v) is 11.3. The second-order valence-corrected chi connectivity index (χ2v) is 7.86. The minimum atomic E-state index is -0.766. The fourth-order valence-electron chi connectivity index (χ4n) is 4.20. The summed E-state index contributed by atoms with van der Waals surface area (Å²) < 4.78 is 16.0. The smallest absolute Gasteiger partial charge is 0.295 e. The molecule has 1 aliphatic rings. The maximum Gasteiger partial charge on any atom is 0.295 e. The molecule has 1 heterocycles. The molecular formula is C26H32N2O6. The van der Waals surface area contributed by atoms with Crippen LogP contribution < -0.4 is 14.2 Å². The Morgan fingerprint density at radius 1 is 0.971 bits per heavy atom. The maximum absolute atomic E-state index is 13.3. The molecule has 0 bridgehead atoms. The molecule has 3 rings (SSSR count). The number of ether oxygens (including phenoxy) is 3. The molecule has 2 aromatic rings. The highest BCUT2D eigenvalue weighted by atomic mass is 16.5. The second kappa shape index (κ2) is 11.1. The number of carbonyl (C=O) groups is 2. The zero-order valence-electron chi connectivity index (χ0n) is 20.3. The summed E-state index contributed by atoms with van der Waals surface area (Å²) in [5.41, 5.74) is 0.992. The molecule has 0 saturated carbocycles. The van der Waals surface area contributed by atoms with E-state index in [2.05, 4.69) is 4.90 Å². The van der Waals surface area contributed by atoms with E-state index >= 15 is 0 Å². The monoisotopic (exact) mass is 468 g/mol. The van der Waals surface area contributed by atoms with Gasteiger partial charge in [-0.3, -0.25) is 9.59 Å². The van der Waals surface area contributed by atoms with Crippen LogP contribution in [0.15, 0.2) is 48.0 Å². The Hall–Kier alpha value is -3.52. The van der Waals surface area contributed by atoms with Gasteiger partial charge in [0, 0.05) is 19.2 Å². The molecule has 0 aromatic heterocycles. The number of ketones is 1. The molecule has 1 saturated heterocycles. The molecule has 8 nitrogen and oxygen atoms in total. The molecule has 1 fully saturated rings. The van der Waals surface area contributed by atoms with Crippen LogP contribution in [-0.4, -0.2) is 74.1 Å². The highest BCUT2D eigenvalue weighted by Gasteiger charge is 2.46. The fourth-order valence-corrected chi connectivity index (χ4v) is 4.20. The Bertz CT molecular complexity index is 1080. The van der Waals surface area contributed by atoms with Crippen LogP contribution in [0, 0.1) is 0 Å². The van der Waals surface area contributed by atoms with Crippen molar-refractivity contribution in [2.45, 2.75) is 19.9 Å². The molecule has 1 amide bonds. The van der Waals surface area contributed by atoms with Crippen LogP contribution in [0.2, 0.25) is 0 Å². The number of rotatable bonds is 10. The first-order chi connectivity index (χ1) is 16.4. The van der Waals surface area contributed by atoms with E-state index in [0.717, 1.165) is 13.1 Å². The third-order valence-corrected chi connectivity index (χ3v) is 6.16. The zero-order chi connectivity index (χ0) is 24.8. The Kier molecular flexibility index (Phi) is 8.17. The van der Waals surface area contributed by atoms with Crippen LogP contribution in [0.3, 0.4) is 0 Å². The van der Waals surface area contributed by atoms with Gasteiger partial charge in [0.05, 0.1) is 38.5 Å². The van der Waals surface area contributed by atoms with E-state index in [0.29, 0.717) is 41.5 Å². The Labute approximate surface area is 200 Å². The van der Waals surface area contributed by atoms with Gasteiger partial charge in [-0.1, -0.05) is 26.0 Å². The Balaban J connectivity index is 2.17. The zero-order valence-corrected chi connectivity index (χ0v) is 20.3. The van der Waals surface area contributed by atoms with Crippen molar-refractivity contribution in [3.63, 3.8) is 0 Å². The van der Waals surface area contributed by atoms with E-state index in [1.165, 1.54) is 19.1 Å². The number of Topliss-reactive ketones (excluding diaryl/α,β-unsaturated/α-hetero) is 1. The molecule has 182 valence electrons. The summed E-state index contributed by atoms with van der Waals surface area (Å²) in [5.74, 6) is -0.213. The summed E-state index contributed by atoms with van der Waals surface area (Å²) in [4.78, 5) is 30.1. The van der Waals surface area contributed by atoms with Crippen molar-refractivity contribution >= 4 is 17.4 Å². The van der Waals surface area contributed by atoms with Crippen LogP contribution in [-0.2, 0) is 9.59 Å². The van der Waals surface area contributed by atoms with Gasteiger partial charge in [0.15, 0.2) is 0 Å². The molecule has 1 N–H and O–H groups in total. The highest BCUT2D eigenvalue weighted by Crippen LogP contribution is 2.42. The molecule has 0 radical (unpaired) electrons. The van der Waals surface area contributed by atoms with E-state index in [-0.39, 0.29) is 11.3 Å². The van der Waals surface area contributed by atoms with Crippen molar-refractivity contribution in [3.05, 3.63) is 59.2 Å². The summed E-state index contributed by atoms with van der Waals surface area (Å²) in [6.07, 6.45) is 0. The SMILES string of the molecule is CCN(CC)CCN1C(=O)C(=O)/C(=C(\O)c2ccc(OC)cc2OC)C1c1cccc(OC)c1. The minimum absolute atomic E-state index is 0.0151. The van der Waals surface area contributed by atoms with Crippen LogP contribution in [0.1, 0.15) is 31.0 Å². The van der Waals surface area contributed by atoms with Crippen LogP contribution in [0.25, 0.3) is 5.76 Å².